The summed E-state index contributed by atoms with van der Waals surface area (Å²) in [5.74, 6) is -0.0610. The summed E-state index contributed by atoms with van der Waals surface area (Å²) in [5.41, 5.74) is 7.73. The second kappa shape index (κ2) is 8.52. The van der Waals surface area contributed by atoms with E-state index in [4.69, 9.17) is 29.0 Å². The molecule has 10 nitrogen and oxygen atoms in total. The summed E-state index contributed by atoms with van der Waals surface area (Å²) in [4.78, 5) is 4.08. The fraction of sp³-hybridized carbons (Fsp3) is 0.680. The molecule has 6 rings (SSSR count). The second-order valence-corrected chi connectivity index (χ2v) is 15.9. The Balaban J connectivity index is 1.24. The van der Waals surface area contributed by atoms with Crippen LogP contribution in [0, 0.1) is 5.92 Å². The van der Waals surface area contributed by atoms with E-state index in [9.17, 15) is 4.57 Å². The van der Waals surface area contributed by atoms with Crippen molar-refractivity contribution in [3.63, 3.8) is 0 Å². The van der Waals surface area contributed by atoms with Crippen molar-refractivity contribution in [1.29, 1.82) is 0 Å². The molecule has 2 aromatic heterocycles. The summed E-state index contributed by atoms with van der Waals surface area (Å²) in [6, 6.07) is 3.78. The van der Waals surface area contributed by atoms with Crippen LogP contribution >= 0.6 is 18.2 Å². The van der Waals surface area contributed by atoms with Crippen molar-refractivity contribution in [2.75, 3.05) is 12.3 Å². The Morgan fingerprint density at radius 2 is 2.08 bits per heavy atom. The van der Waals surface area contributed by atoms with Crippen LogP contribution in [0.25, 0.3) is 5.52 Å². The summed E-state index contributed by atoms with van der Waals surface area (Å²) in [7, 11) is 0. The van der Waals surface area contributed by atoms with Gasteiger partial charge in [-0.2, -0.15) is 5.10 Å². The van der Waals surface area contributed by atoms with Gasteiger partial charge >= 0.3 is 6.80 Å². The summed E-state index contributed by atoms with van der Waals surface area (Å²) >= 11 is 1.34. The molecule has 0 amide bonds. The molecule has 2 aromatic rings. The van der Waals surface area contributed by atoms with Crippen molar-refractivity contribution < 1.29 is 27.8 Å². The molecular weight excluding hydrogens is 515 g/mol. The number of ether oxygens (including phenoxy) is 3. The Kier molecular flexibility index (Phi) is 5.94. The second-order valence-electron chi connectivity index (χ2n) is 11.5. The van der Waals surface area contributed by atoms with E-state index in [-0.39, 0.29) is 17.5 Å². The number of hydrogen-bond donors (Lipinski definition) is 1. The maximum atomic E-state index is 13.8. The number of nitrogen functional groups attached to an aromatic ring is 1. The highest BCUT2D eigenvalue weighted by Gasteiger charge is 2.63. The maximum absolute atomic E-state index is 13.8. The highest BCUT2D eigenvalue weighted by atomic mass is 32.7. The Morgan fingerprint density at radius 1 is 1.30 bits per heavy atom. The number of aromatic nitrogens is 3. The van der Waals surface area contributed by atoms with Gasteiger partial charge in [-0.25, -0.2) is 14.1 Å². The van der Waals surface area contributed by atoms with Crippen LogP contribution in [0.2, 0.25) is 0 Å². The molecule has 4 aliphatic rings. The Morgan fingerprint density at radius 3 is 2.84 bits per heavy atom. The van der Waals surface area contributed by atoms with Gasteiger partial charge < -0.3 is 19.9 Å². The van der Waals surface area contributed by atoms with E-state index in [0.717, 1.165) is 30.5 Å². The van der Waals surface area contributed by atoms with Crippen LogP contribution in [0.1, 0.15) is 59.6 Å². The van der Waals surface area contributed by atoms with E-state index in [1.807, 2.05) is 32.9 Å². The van der Waals surface area contributed by atoms with Gasteiger partial charge in [0.2, 0.25) is 0 Å². The molecule has 202 valence electrons. The molecule has 4 fully saturated rings. The average Bonchev–Trinajstić information content (AvgIpc) is 3.52. The van der Waals surface area contributed by atoms with E-state index in [0.29, 0.717) is 17.3 Å². The van der Waals surface area contributed by atoms with Gasteiger partial charge in [-0.15, -0.1) is 0 Å². The van der Waals surface area contributed by atoms with E-state index in [1.165, 1.54) is 17.7 Å². The number of hydrogen-bond acceptors (Lipinski definition) is 10. The lowest BCUT2D eigenvalue weighted by Crippen LogP contribution is -2.39. The molecule has 0 bridgehead atoms. The summed E-state index contributed by atoms with van der Waals surface area (Å²) in [6.45, 7) is 10.7. The van der Waals surface area contributed by atoms with Crippen LogP contribution in [-0.2, 0) is 33.4 Å². The molecule has 1 saturated carbocycles. The van der Waals surface area contributed by atoms with E-state index in [2.05, 4.69) is 30.5 Å². The zero-order chi connectivity index (χ0) is 26.4. The number of rotatable bonds is 5. The van der Waals surface area contributed by atoms with Crippen molar-refractivity contribution in [3.05, 3.63) is 36.3 Å². The zero-order valence-corrected chi connectivity index (χ0v) is 23.6. The third kappa shape index (κ3) is 4.18. The van der Waals surface area contributed by atoms with E-state index < -0.39 is 36.5 Å². The standard InChI is InChI=1S/C25H35N4O6PS/c1-14(2)15-9-10-24(5)19(11-15)35-36(30,37-24)31-12-17-20-21(34-23(3,4)33-20)25(6,32-17)18-8-7-16-22(26)27-13-28-29(16)18/h7-8,13,15,17,19-21H,1,9-12H2,2-6H3,(H2,26,27,28)/t15-,17+,19+,20+,21+,24+,25-,36-/m0/s1. The van der Waals surface area contributed by atoms with Gasteiger partial charge in [-0.1, -0.05) is 12.2 Å². The lowest BCUT2D eigenvalue weighted by atomic mass is 9.77. The van der Waals surface area contributed by atoms with E-state index in [1.54, 1.807) is 4.52 Å². The van der Waals surface area contributed by atoms with Crippen molar-refractivity contribution in [2.24, 2.45) is 5.92 Å². The first-order valence-corrected chi connectivity index (χ1v) is 15.7. The van der Waals surface area contributed by atoms with Crippen LogP contribution in [0.3, 0.4) is 0 Å². The molecule has 3 saturated heterocycles. The first kappa shape index (κ1) is 25.8. The molecule has 1 aliphatic carbocycles. The Hall–Kier alpha value is -1.46. The minimum atomic E-state index is -3.40. The fourth-order valence-electron chi connectivity index (χ4n) is 6.21. The topological polar surface area (TPSA) is 119 Å². The van der Waals surface area contributed by atoms with Gasteiger partial charge in [0.25, 0.3) is 0 Å². The van der Waals surface area contributed by atoms with Gasteiger partial charge in [0, 0.05) is 0 Å². The predicted octanol–water partition coefficient (Wildman–Crippen LogP) is 4.84. The molecule has 8 atom stereocenters. The molecule has 5 heterocycles. The number of fused-ring (bicyclic) bond motifs is 3. The minimum absolute atomic E-state index is 0.0492. The molecule has 3 aliphatic heterocycles. The van der Waals surface area contributed by atoms with Gasteiger partial charge in [-0.05, 0) is 83.3 Å². The Labute approximate surface area is 220 Å². The van der Waals surface area contributed by atoms with Gasteiger partial charge in [0.05, 0.1) is 23.2 Å². The lowest BCUT2D eigenvalue weighted by molar-refractivity contribution is -0.211. The lowest BCUT2D eigenvalue weighted by Gasteiger charge is -2.36. The first-order valence-electron chi connectivity index (χ1n) is 12.7. The predicted molar refractivity (Wildman–Crippen MR) is 140 cm³/mol. The summed E-state index contributed by atoms with van der Waals surface area (Å²) in [5, 5.41) is 4.40. The quantitative estimate of drug-likeness (QED) is 0.409. The monoisotopic (exact) mass is 550 g/mol. The minimum Gasteiger partial charge on any atom is -0.382 e. The van der Waals surface area contributed by atoms with Gasteiger partial charge in [-0.3, -0.25) is 9.05 Å². The number of nitrogens with two attached hydrogens (primary N) is 1. The average molecular weight is 551 g/mol. The number of allylic oxidation sites excluding steroid dienone is 1. The highest BCUT2D eigenvalue weighted by molar-refractivity contribution is 8.56. The van der Waals surface area contributed by atoms with Crippen LogP contribution in [0.4, 0.5) is 5.82 Å². The molecule has 0 spiro atoms. The van der Waals surface area contributed by atoms with Crippen LogP contribution in [0.5, 0.6) is 0 Å². The summed E-state index contributed by atoms with van der Waals surface area (Å²) < 4.78 is 46.7. The van der Waals surface area contributed by atoms with Crippen LogP contribution < -0.4 is 5.73 Å². The van der Waals surface area contributed by atoms with Crippen molar-refractivity contribution >= 4 is 29.5 Å². The van der Waals surface area contributed by atoms with Crippen LogP contribution in [-0.4, -0.2) is 56.2 Å². The zero-order valence-electron chi connectivity index (χ0n) is 21.9. The first-order chi connectivity index (χ1) is 17.3. The molecule has 0 unspecified atom stereocenters. The highest BCUT2D eigenvalue weighted by Crippen LogP contribution is 2.75. The third-order valence-corrected chi connectivity index (χ3v) is 12.8. The molecule has 0 radical (unpaired) electrons. The molecular formula is C25H35N4O6PS. The molecule has 12 heteroatoms. The normalized spacial score (nSPS) is 42.7. The Bertz CT molecular complexity index is 1300. The number of anilines is 1. The van der Waals surface area contributed by atoms with Crippen molar-refractivity contribution in [2.45, 2.75) is 94.4 Å². The molecule has 37 heavy (non-hydrogen) atoms. The fourth-order valence-corrected chi connectivity index (χ4v) is 11.3. The van der Waals surface area contributed by atoms with Crippen molar-refractivity contribution in [3.8, 4) is 0 Å². The SMILES string of the molecule is C=C(C)[C@H]1CC[C@@]2(C)S[P@@](=O)(OC[C@H]3O[C@@](C)(c4ccc5c(N)ncnn45)[C@@H]4OC(C)(C)O[C@@H]43)O[C@@H]2C1. The van der Waals surface area contributed by atoms with Gasteiger partial charge in [0.15, 0.2) is 11.6 Å². The van der Waals surface area contributed by atoms with Gasteiger partial charge in [0.1, 0.15) is 35.8 Å². The molecule has 0 aromatic carbocycles. The largest absolute Gasteiger partial charge is 0.390 e. The van der Waals surface area contributed by atoms with Crippen molar-refractivity contribution in [1.82, 2.24) is 14.6 Å². The third-order valence-electron chi connectivity index (χ3n) is 8.26. The number of nitrogens with zero attached hydrogens (tertiary/aromatic N) is 3. The summed E-state index contributed by atoms with van der Waals surface area (Å²) in [6.07, 6.45) is 2.61. The maximum Gasteiger partial charge on any atom is 0.390 e. The smallest absolute Gasteiger partial charge is 0.382 e. The molecule has 2 N–H and O–H groups in total. The van der Waals surface area contributed by atoms with E-state index >= 15 is 0 Å². The van der Waals surface area contributed by atoms with Crippen LogP contribution in [0.15, 0.2) is 30.6 Å².